The van der Waals surface area contributed by atoms with Gasteiger partial charge in [-0.05, 0) is 81.5 Å². The molecule has 34 heavy (non-hydrogen) atoms. The van der Waals surface area contributed by atoms with Gasteiger partial charge in [-0.15, -0.1) is 0 Å². The maximum absolute atomic E-state index is 12.2. The molecule has 7 heteroatoms. The molecule has 7 nitrogen and oxygen atoms in total. The zero-order valence-corrected chi connectivity index (χ0v) is 21.4. The molecule has 0 radical (unpaired) electrons. The van der Waals surface area contributed by atoms with Crippen LogP contribution in [0.15, 0.2) is 30.3 Å². The molecule has 0 fully saturated rings. The van der Waals surface area contributed by atoms with E-state index in [1.54, 1.807) is 25.9 Å². The second-order valence-corrected chi connectivity index (χ2v) is 8.19. The van der Waals surface area contributed by atoms with E-state index in [2.05, 4.69) is 13.8 Å². The molecule has 1 unspecified atom stereocenters. The molecule has 0 spiro atoms. The molecule has 1 atom stereocenters. The van der Waals surface area contributed by atoms with Gasteiger partial charge in [-0.25, -0.2) is 0 Å². The minimum atomic E-state index is -0.404. The van der Waals surface area contributed by atoms with E-state index in [1.807, 2.05) is 44.2 Å². The molecule has 0 saturated carbocycles. The summed E-state index contributed by atoms with van der Waals surface area (Å²) in [5, 5.41) is 0. The van der Waals surface area contributed by atoms with Crippen LogP contribution in [0.25, 0.3) is 0 Å². The lowest BCUT2D eigenvalue weighted by atomic mass is 9.97. The standard InChI is InChI=1S/C27H37NO6/c1-8-18(4)23-15-22(11-12-24(23)31-7)34-27-19(5)13-21(14-20(27)6)28(16-25(29)32-9-2)17-26(30)33-10-3/h11-15,18H,8-10,16-17H2,1-7H3. The number of hydrogen-bond acceptors (Lipinski definition) is 7. The quantitative estimate of drug-likeness (QED) is 0.376. The summed E-state index contributed by atoms with van der Waals surface area (Å²) in [6.45, 7) is 12.1. The second-order valence-electron chi connectivity index (χ2n) is 8.19. The van der Waals surface area contributed by atoms with E-state index in [1.165, 1.54) is 0 Å². The fourth-order valence-electron chi connectivity index (χ4n) is 3.73. The molecule has 0 bridgehead atoms. The highest BCUT2D eigenvalue weighted by molar-refractivity contribution is 5.81. The van der Waals surface area contributed by atoms with Gasteiger partial charge in [0, 0.05) is 11.3 Å². The fraction of sp³-hybridized carbons (Fsp3) is 0.481. The number of carbonyl (C=O) groups excluding carboxylic acids is 2. The summed E-state index contributed by atoms with van der Waals surface area (Å²) < 4.78 is 22.0. The monoisotopic (exact) mass is 471 g/mol. The third-order valence-electron chi connectivity index (χ3n) is 5.63. The minimum Gasteiger partial charge on any atom is -0.496 e. The average Bonchev–Trinajstić information content (AvgIpc) is 2.80. The highest BCUT2D eigenvalue weighted by Crippen LogP contribution is 2.37. The van der Waals surface area contributed by atoms with Crippen molar-refractivity contribution in [1.82, 2.24) is 0 Å². The predicted molar refractivity (Wildman–Crippen MR) is 133 cm³/mol. The maximum atomic E-state index is 12.2. The van der Waals surface area contributed by atoms with E-state index in [0.717, 1.165) is 46.0 Å². The molecule has 0 aliphatic carbocycles. The average molecular weight is 472 g/mol. The Balaban J connectivity index is 2.36. The van der Waals surface area contributed by atoms with Gasteiger partial charge in [0.2, 0.25) is 0 Å². The molecular weight excluding hydrogens is 434 g/mol. The minimum absolute atomic E-state index is 0.0531. The van der Waals surface area contributed by atoms with Crippen LogP contribution >= 0.6 is 0 Å². The van der Waals surface area contributed by atoms with Crippen molar-refractivity contribution in [1.29, 1.82) is 0 Å². The number of methoxy groups -OCH3 is 1. The molecule has 0 heterocycles. The molecule has 0 saturated heterocycles. The molecule has 0 aromatic heterocycles. The molecule has 0 aliphatic heterocycles. The molecule has 0 amide bonds. The van der Waals surface area contributed by atoms with E-state index in [4.69, 9.17) is 18.9 Å². The number of nitrogens with zero attached hydrogens (tertiary/aromatic N) is 1. The van der Waals surface area contributed by atoms with Crippen LogP contribution in [0.5, 0.6) is 17.2 Å². The molecule has 2 aromatic carbocycles. The number of carbonyl (C=O) groups is 2. The van der Waals surface area contributed by atoms with Crippen LogP contribution < -0.4 is 14.4 Å². The van der Waals surface area contributed by atoms with Gasteiger partial charge in [0.25, 0.3) is 0 Å². The number of anilines is 1. The second kappa shape index (κ2) is 12.9. The lowest BCUT2D eigenvalue weighted by Crippen LogP contribution is -2.36. The SMILES string of the molecule is CCOC(=O)CN(CC(=O)OCC)c1cc(C)c(Oc2ccc(OC)c(C(C)CC)c2)c(C)c1. The normalized spacial score (nSPS) is 11.5. The first-order valence-corrected chi connectivity index (χ1v) is 11.8. The Labute approximate surface area is 202 Å². The summed E-state index contributed by atoms with van der Waals surface area (Å²) in [6.07, 6.45) is 0.989. The van der Waals surface area contributed by atoms with Gasteiger partial charge in [0.1, 0.15) is 30.3 Å². The Hall–Kier alpha value is -3.22. The zero-order chi connectivity index (χ0) is 25.3. The van der Waals surface area contributed by atoms with Crippen LogP contribution in [0.1, 0.15) is 56.7 Å². The Kier molecular flexibility index (Phi) is 10.2. The number of ether oxygens (including phenoxy) is 4. The van der Waals surface area contributed by atoms with Crippen LogP contribution in [0, 0.1) is 13.8 Å². The smallest absolute Gasteiger partial charge is 0.325 e. The Morgan fingerprint density at radius 1 is 0.912 bits per heavy atom. The van der Waals surface area contributed by atoms with Crippen molar-refractivity contribution in [2.75, 3.05) is 38.3 Å². The summed E-state index contributed by atoms with van der Waals surface area (Å²) in [4.78, 5) is 26.0. The van der Waals surface area contributed by atoms with Gasteiger partial charge >= 0.3 is 11.9 Å². The van der Waals surface area contributed by atoms with Crippen molar-refractivity contribution >= 4 is 17.6 Å². The number of aryl methyl sites for hydroxylation is 2. The summed E-state index contributed by atoms with van der Waals surface area (Å²) in [7, 11) is 1.67. The lowest BCUT2D eigenvalue weighted by Gasteiger charge is -2.25. The highest BCUT2D eigenvalue weighted by atomic mass is 16.5. The Morgan fingerprint density at radius 2 is 1.47 bits per heavy atom. The number of esters is 2. The van der Waals surface area contributed by atoms with E-state index in [9.17, 15) is 9.59 Å². The highest BCUT2D eigenvalue weighted by Gasteiger charge is 2.20. The number of hydrogen-bond donors (Lipinski definition) is 0. The number of benzene rings is 2. The van der Waals surface area contributed by atoms with Crippen molar-refractivity contribution in [3.05, 3.63) is 47.0 Å². The van der Waals surface area contributed by atoms with Crippen LogP contribution in [-0.2, 0) is 19.1 Å². The van der Waals surface area contributed by atoms with Gasteiger partial charge < -0.3 is 23.8 Å². The predicted octanol–water partition coefficient (Wildman–Crippen LogP) is 5.55. The molecule has 2 aromatic rings. The van der Waals surface area contributed by atoms with E-state index in [-0.39, 0.29) is 26.3 Å². The molecule has 0 N–H and O–H groups in total. The first-order chi connectivity index (χ1) is 16.2. The number of rotatable bonds is 12. The van der Waals surface area contributed by atoms with E-state index >= 15 is 0 Å². The zero-order valence-electron chi connectivity index (χ0n) is 21.4. The molecule has 0 aliphatic rings. The van der Waals surface area contributed by atoms with E-state index in [0.29, 0.717) is 5.92 Å². The van der Waals surface area contributed by atoms with Crippen molar-refractivity contribution < 1.29 is 28.5 Å². The largest absolute Gasteiger partial charge is 0.496 e. The summed E-state index contributed by atoms with van der Waals surface area (Å²) in [6, 6.07) is 9.65. The summed E-state index contributed by atoms with van der Waals surface area (Å²) >= 11 is 0. The van der Waals surface area contributed by atoms with Gasteiger partial charge in [-0.1, -0.05) is 13.8 Å². The first-order valence-electron chi connectivity index (χ1n) is 11.8. The van der Waals surface area contributed by atoms with Gasteiger partial charge in [0.05, 0.1) is 20.3 Å². The summed E-state index contributed by atoms with van der Waals surface area (Å²) in [5.74, 6) is 1.83. The van der Waals surface area contributed by atoms with Crippen LogP contribution in [0.4, 0.5) is 5.69 Å². The Morgan fingerprint density at radius 3 is 1.94 bits per heavy atom. The van der Waals surface area contributed by atoms with E-state index < -0.39 is 11.9 Å². The summed E-state index contributed by atoms with van der Waals surface area (Å²) in [5.41, 5.74) is 3.59. The molecular formula is C27H37NO6. The van der Waals surface area contributed by atoms with Gasteiger partial charge in [-0.2, -0.15) is 0 Å². The van der Waals surface area contributed by atoms with Crippen molar-refractivity contribution in [3.63, 3.8) is 0 Å². The first kappa shape index (κ1) is 27.0. The van der Waals surface area contributed by atoms with Crippen molar-refractivity contribution in [2.45, 2.75) is 53.9 Å². The van der Waals surface area contributed by atoms with Gasteiger partial charge in [-0.3, -0.25) is 9.59 Å². The van der Waals surface area contributed by atoms with Crippen LogP contribution in [0.2, 0.25) is 0 Å². The lowest BCUT2D eigenvalue weighted by molar-refractivity contribution is -0.142. The molecule has 2 rings (SSSR count). The van der Waals surface area contributed by atoms with Gasteiger partial charge in [0.15, 0.2) is 0 Å². The van der Waals surface area contributed by atoms with Crippen molar-refractivity contribution in [3.8, 4) is 17.2 Å². The third-order valence-corrected chi connectivity index (χ3v) is 5.63. The maximum Gasteiger partial charge on any atom is 0.325 e. The third kappa shape index (κ3) is 7.14. The molecule has 186 valence electrons. The van der Waals surface area contributed by atoms with Crippen LogP contribution in [0.3, 0.4) is 0 Å². The van der Waals surface area contributed by atoms with Crippen LogP contribution in [-0.4, -0.2) is 45.4 Å². The Bertz CT molecular complexity index is 944. The fourth-order valence-corrected chi connectivity index (χ4v) is 3.73. The van der Waals surface area contributed by atoms with Crippen molar-refractivity contribution in [2.24, 2.45) is 0 Å². The topological polar surface area (TPSA) is 74.3 Å².